The van der Waals surface area contributed by atoms with Gasteiger partial charge in [-0.1, -0.05) is 0 Å². The second-order valence-electron chi connectivity index (χ2n) is 4.73. The molecule has 0 spiro atoms. The Bertz CT molecular complexity index is 564. The minimum absolute atomic E-state index is 0.111. The Morgan fingerprint density at radius 2 is 2.05 bits per heavy atom. The van der Waals surface area contributed by atoms with E-state index in [9.17, 15) is 13.2 Å². The highest BCUT2D eigenvalue weighted by Crippen LogP contribution is 2.32. The van der Waals surface area contributed by atoms with Gasteiger partial charge in [-0.2, -0.15) is 13.2 Å². The van der Waals surface area contributed by atoms with Gasteiger partial charge in [0.05, 0.1) is 23.3 Å². The number of hydrogen-bond donors (Lipinski definition) is 2. The van der Waals surface area contributed by atoms with E-state index in [1.54, 1.807) is 12.5 Å². The maximum absolute atomic E-state index is 12.5. The highest BCUT2D eigenvalue weighted by atomic mass is 19.4. The first-order chi connectivity index (χ1) is 9.97. The molecule has 0 bridgehead atoms. The third-order valence-electron chi connectivity index (χ3n) is 3.10. The van der Waals surface area contributed by atoms with Crippen molar-refractivity contribution >= 4 is 11.4 Å². The summed E-state index contributed by atoms with van der Waals surface area (Å²) in [7, 11) is 0. The molecule has 7 heteroatoms. The number of halogens is 3. The number of rotatable bonds is 6. The van der Waals surface area contributed by atoms with Crippen LogP contribution < -0.4 is 11.1 Å². The van der Waals surface area contributed by atoms with E-state index in [-0.39, 0.29) is 5.69 Å². The van der Waals surface area contributed by atoms with Crippen LogP contribution in [0, 0.1) is 0 Å². The smallest absolute Gasteiger partial charge is 0.397 e. The lowest BCUT2D eigenvalue weighted by atomic mass is 10.1. The Morgan fingerprint density at radius 1 is 1.24 bits per heavy atom. The van der Waals surface area contributed by atoms with Crippen molar-refractivity contribution in [2.75, 3.05) is 17.6 Å². The molecule has 2 rings (SSSR count). The number of unbranched alkanes of at least 4 members (excludes halogenated alkanes) is 1. The highest BCUT2D eigenvalue weighted by molar-refractivity contribution is 5.67. The second-order valence-corrected chi connectivity index (χ2v) is 4.73. The minimum Gasteiger partial charge on any atom is -0.397 e. The Labute approximate surface area is 120 Å². The van der Waals surface area contributed by atoms with E-state index in [0.29, 0.717) is 12.2 Å². The van der Waals surface area contributed by atoms with Crippen LogP contribution in [0.15, 0.2) is 36.9 Å². The fraction of sp³-hybridized carbons (Fsp3) is 0.357. The Balaban J connectivity index is 1.78. The number of anilines is 2. The van der Waals surface area contributed by atoms with Gasteiger partial charge in [-0.15, -0.1) is 0 Å². The van der Waals surface area contributed by atoms with Crippen molar-refractivity contribution < 1.29 is 13.2 Å². The summed E-state index contributed by atoms with van der Waals surface area (Å²) in [6.07, 6.45) is 2.84. The lowest BCUT2D eigenvalue weighted by molar-refractivity contribution is -0.137. The minimum atomic E-state index is -4.36. The molecule has 1 heterocycles. The van der Waals surface area contributed by atoms with Crippen LogP contribution in [-0.2, 0) is 12.7 Å². The number of alkyl halides is 3. The lowest BCUT2D eigenvalue weighted by Crippen LogP contribution is -2.09. The molecule has 4 nitrogen and oxygen atoms in total. The molecule has 3 N–H and O–H groups in total. The number of hydrogen-bond acceptors (Lipinski definition) is 3. The lowest BCUT2D eigenvalue weighted by Gasteiger charge is -2.12. The SMILES string of the molecule is Nc1cc(C(F)(F)F)ccc1NCCCCn1ccnc1. The van der Waals surface area contributed by atoms with E-state index in [0.717, 1.165) is 31.5 Å². The predicted octanol–water partition coefficient (Wildman–Crippen LogP) is 3.38. The number of benzene rings is 1. The quantitative estimate of drug-likeness (QED) is 0.635. The van der Waals surface area contributed by atoms with Crippen LogP contribution in [0.2, 0.25) is 0 Å². The summed E-state index contributed by atoms with van der Waals surface area (Å²) in [6, 6.07) is 3.35. The van der Waals surface area contributed by atoms with Gasteiger partial charge in [0.1, 0.15) is 0 Å². The fourth-order valence-corrected chi connectivity index (χ4v) is 1.96. The van der Waals surface area contributed by atoms with Gasteiger partial charge in [-0.3, -0.25) is 0 Å². The molecule has 0 aliphatic rings. The van der Waals surface area contributed by atoms with Crippen LogP contribution in [0.3, 0.4) is 0 Å². The number of nitrogen functional groups attached to an aromatic ring is 1. The van der Waals surface area contributed by atoms with Crippen molar-refractivity contribution in [3.63, 3.8) is 0 Å². The summed E-state index contributed by atoms with van der Waals surface area (Å²) >= 11 is 0. The fourth-order valence-electron chi connectivity index (χ4n) is 1.96. The first-order valence-corrected chi connectivity index (χ1v) is 6.63. The van der Waals surface area contributed by atoms with Crippen LogP contribution in [0.1, 0.15) is 18.4 Å². The number of nitrogens with zero attached hydrogens (tertiary/aromatic N) is 2. The molecule has 0 unspecified atom stereocenters. The molecule has 0 amide bonds. The van der Waals surface area contributed by atoms with Crippen molar-refractivity contribution in [2.45, 2.75) is 25.6 Å². The van der Waals surface area contributed by atoms with Crippen LogP contribution in [0.4, 0.5) is 24.5 Å². The Kier molecular flexibility index (Phi) is 4.72. The average Bonchev–Trinajstić information content (AvgIpc) is 2.92. The molecule has 114 valence electrons. The number of aryl methyl sites for hydroxylation is 1. The van der Waals surface area contributed by atoms with Crippen LogP contribution in [-0.4, -0.2) is 16.1 Å². The standard InChI is InChI=1S/C14H17F3N4/c15-14(16,17)11-3-4-13(12(18)9-11)20-5-1-2-7-21-8-6-19-10-21/h3-4,6,8-10,20H,1-2,5,7,18H2. The van der Waals surface area contributed by atoms with E-state index in [1.807, 2.05) is 10.8 Å². The number of imidazole rings is 1. The van der Waals surface area contributed by atoms with E-state index in [4.69, 9.17) is 5.73 Å². The van der Waals surface area contributed by atoms with Crippen molar-refractivity contribution in [2.24, 2.45) is 0 Å². The van der Waals surface area contributed by atoms with Crippen LogP contribution in [0.25, 0.3) is 0 Å². The molecule has 0 aliphatic carbocycles. The van der Waals surface area contributed by atoms with Gasteiger partial charge in [-0.25, -0.2) is 4.98 Å². The molecular weight excluding hydrogens is 281 g/mol. The molecule has 21 heavy (non-hydrogen) atoms. The summed E-state index contributed by atoms with van der Waals surface area (Å²) in [5.41, 5.74) is 5.55. The zero-order valence-corrected chi connectivity index (χ0v) is 11.4. The monoisotopic (exact) mass is 298 g/mol. The molecule has 0 aliphatic heterocycles. The summed E-state index contributed by atoms with van der Waals surface area (Å²) in [5, 5.41) is 3.05. The average molecular weight is 298 g/mol. The number of nitrogens with one attached hydrogen (secondary N) is 1. The normalized spacial score (nSPS) is 11.6. The van der Waals surface area contributed by atoms with Gasteiger partial charge < -0.3 is 15.6 Å². The molecule has 1 aromatic carbocycles. The van der Waals surface area contributed by atoms with Gasteiger partial charge in [0.2, 0.25) is 0 Å². The zero-order chi connectivity index (χ0) is 15.3. The summed E-state index contributed by atoms with van der Waals surface area (Å²) < 4.78 is 39.5. The van der Waals surface area contributed by atoms with Gasteiger partial charge in [0.15, 0.2) is 0 Å². The Hall–Kier alpha value is -2.18. The molecule has 0 fully saturated rings. The zero-order valence-electron chi connectivity index (χ0n) is 11.4. The first kappa shape index (κ1) is 15.2. The van der Waals surface area contributed by atoms with Gasteiger partial charge in [0.25, 0.3) is 0 Å². The maximum atomic E-state index is 12.5. The molecule has 1 aromatic heterocycles. The van der Waals surface area contributed by atoms with Gasteiger partial charge in [0, 0.05) is 25.5 Å². The van der Waals surface area contributed by atoms with Crippen molar-refractivity contribution in [3.05, 3.63) is 42.5 Å². The second kappa shape index (κ2) is 6.51. The topological polar surface area (TPSA) is 55.9 Å². The molecule has 0 saturated heterocycles. The van der Waals surface area contributed by atoms with E-state index < -0.39 is 11.7 Å². The largest absolute Gasteiger partial charge is 0.416 e. The van der Waals surface area contributed by atoms with Gasteiger partial charge in [-0.05, 0) is 31.0 Å². The third kappa shape index (κ3) is 4.40. The highest BCUT2D eigenvalue weighted by Gasteiger charge is 2.30. The maximum Gasteiger partial charge on any atom is 0.416 e. The van der Waals surface area contributed by atoms with Crippen molar-refractivity contribution in [1.29, 1.82) is 0 Å². The molecule has 0 atom stereocenters. The van der Waals surface area contributed by atoms with Crippen molar-refractivity contribution in [1.82, 2.24) is 9.55 Å². The summed E-state index contributed by atoms with van der Waals surface area (Å²) in [4.78, 5) is 3.95. The molecule has 0 radical (unpaired) electrons. The van der Waals surface area contributed by atoms with E-state index >= 15 is 0 Å². The number of nitrogens with two attached hydrogens (primary N) is 1. The summed E-state index contributed by atoms with van der Waals surface area (Å²) in [5.74, 6) is 0. The van der Waals surface area contributed by atoms with Crippen LogP contribution >= 0.6 is 0 Å². The van der Waals surface area contributed by atoms with Gasteiger partial charge >= 0.3 is 6.18 Å². The predicted molar refractivity (Wildman–Crippen MR) is 75.8 cm³/mol. The molecular formula is C14H17F3N4. The van der Waals surface area contributed by atoms with E-state index in [2.05, 4.69) is 10.3 Å². The Morgan fingerprint density at radius 3 is 2.67 bits per heavy atom. The third-order valence-corrected chi connectivity index (χ3v) is 3.10. The molecule has 2 aromatic rings. The van der Waals surface area contributed by atoms with E-state index in [1.165, 1.54) is 6.07 Å². The molecule has 0 saturated carbocycles. The van der Waals surface area contributed by atoms with Crippen molar-refractivity contribution in [3.8, 4) is 0 Å². The first-order valence-electron chi connectivity index (χ1n) is 6.63. The number of aromatic nitrogens is 2. The summed E-state index contributed by atoms with van der Waals surface area (Å²) in [6.45, 7) is 1.52. The van der Waals surface area contributed by atoms with Crippen LogP contribution in [0.5, 0.6) is 0 Å².